The Hall–Kier alpha value is -1.88. The fraction of sp³-hybridized carbons (Fsp3) is 0.385. The summed E-state index contributed by atoms with van der Waals surface area (Å²) in [6.45, 7) is 2.89. The number of nitrogens with zero attached hydrogens (tertiary/aromatic N) is 2. The standard InChI is InChI=1S/C13H18N4O/c1-10(18)14-8-7-11-3-5-12(6-4-11)13-15-9-17(2)16-13/h3-6H,7-9H2,1-2H3,(H,14,18)(H,15,16). The number of hydrogen-bond donors (Lipinski definition) is 2. The molecule has 96 valence electrons. The Kier molecular flexibility index (Phi) is 3.94. The topological polar surface area (TPSA) is 56.7 Å². The van der Waals surface area contributed by atoms with E-state index in [1.807, 2.05) is 24.2 Å². The molecule has 1 aromatic carbocycles. The number of benzene rings is 1. The van der Waals surface area contributed by atoms with Gasteiger partial charge >= 0.3 is 0 Å². The molecule has 0 atom stereocenters. The van der Waals surface area contributed by atoms with Crippen LogP contribution in [0, 0.1) is 0 Å². The predicted octanol–water partition coefficient (Wildman–Crippen LogP) is 0.519. The molecule has 0 spiro atoms. The van der Waals surface area contributed by atoms with E-state index in [0.717, 1.165) is 17.8 Å². The van der Waals surface area contributed by atoms with Crippen molar-refractivity contribution >= 4 is 11.7 Å². The molecule has 1 amide bonds. The van der Waals surface area contributed by atoms with Crippen LogP contribution in [0.2, 0.25) is 0 Å². The Morgan fingerprint density at radius 2 is 2.17 bits per heavy atom. The average Bonchev–Trinajstić information content (AvgIpc) is 2.76. The van der Waals surface area contributed by atoms with E-state index in [1.54, 1.807) is 0 Å². The second-order valence-electron chi connectivity index (χ2n) is 4.39. The Balaban J connectivity index is 1.91. The summed E-state index contributed by atoms with van der Waals surface area (Å²) in [5, 5.41) is 4.72. The van der Waals surface area contributed by atoms with E-state index >= 15 is 0 Å². The minimum absolute atomic E-state index is 0.0131. The maximum Gasteiger partial charge on any atom is 0.216 e. The van der Waals surface area contributed by atoms with Gasteiger partial charge in [-0.25, -0.2) is 10.0 Å². The van der Waals surface area contributed by atoms with Crippen molar-refractivity contribution in [3.63, 3.8) is 0 Å². The SMILES string of the molecule is CC(=O)NCCc1ccc(C2=NCN(C)N2)cc1. The molecule has 5 nitrogen and oxygen atoms in total. The van der Waals surface area contributed by atoms with E-state index in [9.17, 15) is 4.79 Å². The lowest BCUT2D eigenvalue weighted by molar-refractivity contribution is -0.118. The molecule has 0 radical (unpaired) electrons. The van der Waals surface area contributed by atoms with E-state index in [2.05, 4.69) is 27.9 Å². The number of nitrogens with one attached hydrogen (secondary N) is 2. The van der Waals surface area contributed by atoms with Gasteiger partial charge in [0.25, 0.3) is 0 Å². The highest BCUT2D eigenvalue weighted by Crippen LogP contribution is 2.08. The smallest absolute Gasteiger partial charge is 0.216 e. The zero-order chi connectivity index (χ0) is 13.0. The molecule has 0 aromatic heterocycles. The first-order valence-electron chi connectivity index (χ1n) is 6.01. The molecule has 0 aliphatic carbocycles. The molecule has 2 rings (SSSR count). The number of hydrogen-bond acceptors (Lipinski definition) is 4. The number of carbonyl (C=O) groups is 1. The van der Waals surface area contributed by atoms with Gasteiger partial charge in [0.05, 0.1) is 0 Å². The first kappa shape index (κ1) is 12.6. The first-order valence-corrected chi connectivity index (χ1v) is 6.01. The van der Waals surface area contributed by atoms with Gasteiger partial charge in [-0.05, 0) is 12.0 Å². The zero-order valence-corrected chi connectivity index (χ0v) is 10.7. The van der Waals surface area contributed by atoms with Crippen LogP contribution in [0.15, 0.2) is 29.3 Å². The van der Waals surface area contributed by atoms with Crippen LogP contribution in [0.3, 0.4) is 0 Å². The van der Waals surface area contributed by atoms with Crippen molar-refractivity contribution < 1.29 is 4.79 Å². The van der Waals surface area contributed by atoms with E-state index in [4.69, 9.17) is 0 Å². The number of hydrazine groups is 1. The summed E-state index contributed by atoms with van der Waals surface area (Å²) in [5.41, 5.74) is 5.47. The highest BCUT2D eigenvalue weighted by atomic mass is 16.1. The van der Waals surface area contributed by atoms with Crippen LogP contribution in [0.4, 0.5) is 0 Å². The summed E-state index contributed by atoms with van der Waals surface area (Å²) in [6.07, 6.45) is 0.847. The summed E-state index contributed by atoms with van der Waals surface area (Å²) in [5.74, 6) is 0.921. The molecule has 18 heavy (non-hydrogen) atoms. The van der Waals surface area contributed by atoms with E-state index < -0.39 is 0 Å². The lowest BCUT2D eigenvalue weighted by Gasteiger charge is -2.09. The van der Waals surface area contributed by atoms with E-state index in [0.29, 0.717) is 13.2 Å². The Bertz CT molecular complexity index is 453. The first-order chi connectivity index (χ1) is 8.65. The van der Waals surface area contributed by atoms with Gasteiger partial charge in [0.15, 0.2) is 0 Å². The Morgan fingerprint density at radius 1 is 1.44 bits per heavy atom. The van der Waals surface area contributed by atoms with Crippen molar-refractivity contribution in [1.29, 1.82) is 0 Å². The molecule has 5 heteroatoms. The molecule has 1 aliphatic rings. The molecule has 1 aliphatic heterocycles. The van der Waals surface area contributed by atoms with Crippen molar-refractivity contribution in [2.45, 2.75) is 13.3 Å². The van der Waals surface area contributed by atoms with Crippen LogP contribution < -0.4 is 10.7 Å². The minimum atomic E-state index is 0.0131. The normalized spacial score (nSPS) is 15.1. The molecule has 0 unspecified atom stereocenters. The Morgan fingerprint density at radius 3 is 2.72 bits per heavy atom. The molecule has 1 heterocycles. The lowest BCUT2D eigenvalue weighted by Crippen LogP contribution is -2.32. The molecule has 1 aromatic rings. The highest BCUT2D eigenvalue weighted by molar-refractivity contribution is 5.99. The maximum atomic E-state index is 10.8. The second-order valence-corrected chi connectivity index (χ2v) is 4.39. The molecule has 0 saturated carbocycles. The molecule has 0 saturated heterocycles. The summed E-state index contributed by atoms with van der Waals surface area (Å²) in [6, 6.07) is 8.24. The summed E-state index contributed by atoms with van der Waals surface area (Å²) in [4.78, 5) is 15.1. The van der Waals surface area contributed by atoms with Crippen molar-refractivity contribution in [2.75, 3.05) is 20.3 Å². The average molecular weight is 246 g/mol. The summed E-state index contributed by atoms with van der Waals surface area (Å²) < 4.78 is 0. The Labute approximate surface area is 107 Å². The molecular formula is C13H18N4O. The third kappa shape index (κ3) is 3.30. The number of rotatable bonds is 4. The van der Waals surface area contributed by atoms with Crippen LogP contribution in [-0.4, -0.2) is 37.0 Å². The number of amidine groups is 1. The van der Waals surface area contributed by atoms with Gasteiger partial charge in [-0.2, -0.15) is 0 Å². The molecule has 0 fully saturated rings. The number of aliphatic imine (C=N–C) groups is 1. The quantitative estimate of drug-likeness (QED) is 0.814. The maximum absolute atomic E-state index is 10.8. The van der Waals surface area contributed by atoms with Crippen LogP contribution in [0.25, 0.3) is 0 Å². The zero-order valence-electron chi connectivity index (χ0n) is 10.7. The predicted molar refractivity (Wildman–Crippen MR) is 71.1 cm³/mol. The van der Waals surface area contributed by atoms with Gasteiger partial charge in [-0.15, -0.1) is 0 Å². The fourth-order valence-corrected chi connectivity index (χ4v) is 1.80. The van der Waals surface area contributed by atoms with E-state index in [-0.39, 0.29) is 5.91 Å². The third-order valence-electron chi connectivity index (χ3n) is 2.75. The summed E-state index contributed by atoms with van der Waals surface area (Å²) >= 11 is 0. The molecule has 0 bridgehead atoms. The van der Waals surface area contributed by atoms with Crippen LogP contribution in [0.5, 0.6) is 0 Å². The monoisotopic (exact) mass is 246 g/mol. The van der Waals surface area contributed by atoms with Crippen molar-refractivity contribution in [3.8, 4) is 0 Å². The minimum Gasteiger partial charge on any atom is -0.356 e. The highest BCUT2D eigenvalue weighted by Gasteiger charge is 2.11. The van der Waals surface area contributed by atoms with Gasteiger partial charge in [0.2, 0.25) is 5.91 Å². The molecular weight excluding hydrogens is 228 g/mol. The van der Waals surface area contributed by atoms with Gasteiger partial charge in [0, 0.05) is 26.1 Å². The fourth-order valence-electron chi connectivity index (χ4n) is 1.80. The van der Waals surface area contributed by atoms with E-state index in [1.165, 1.54) is 12.5 Å². The van der Waals surface area contributed by atoms with Crippen molar-refractivity contribution in [3.05, 3.63) is 35.4 Å². The third-order valence-corrected chi connectivity index (χ3v) is 2.75. The lowest BCUT2D eigenvalue weighted by atomic mass is 10.1. The second kappa shape index (κ2) is 5.64. The van der Waals surface area contributed by atoms with Crippen molar-refractivity contribution in [1.82, 2.24) is 15.8 Å². The number of carbonyl (C=O) groups excluding carboxylic acids is 1. The number of amides is 1. The van der Waals surface area contributed by atoms with Crippen molar-refractivity contribution in [2.24, 2.45) is 4.99 Å². The van der Waals surface area contributed by atoms with Gasteiger partial charge in [-0.1, -0.05) is 24.3 Å². The van der Waals surface area contributed by atoms with Gasteiger partial charge < -0.3 is 10.7 Å². The van der Waals surface area contributed by atoms with Crippen LogP contribution in [0.1, 0.15) is 18.1 Å². The molecule has 2 N–H and O–H groups in total. The largest absolute Gasteiger partial charge is 0.356 e. The van der Waals surface area contributed by atoms with Crippen LogP contribution in [-0.2, 0) is 11.2 Å². The van der Waals surface area contributed by atoms with Crippen LogP contribution >= 0.6 is 0 Å². The van der Waals surface area contributed by atoms with Gasteiger partial charge in [-0.3, -0.25) is 4.79 Å². The summed E-state index contributed by atoms with van der Waals surface area (Å²) in [7, 11) is 1.96. The van der Waals surface area contributed by atoms with Gasteiger partial charge in [0.1, 0.15) is 12.5 Å².